The number of hydrogen-bond acceptors (Lipinski definition) is 5. The average Bonchev–Trinajstić information content (AvgIpc) is 3.20. The van der Waals surface area contributed by atoms with Gasteiger partial charge in [-0.05, 0) is 61.9 Å². The lowest BCUT2D eigenvalue weighted by Crippen LogP contribution is -2.43. The van der Waals surface area contributed by atoms with Crippen LogP contribution >= 0.6 is 11.6 Å². The Morgan fingerprint density at radius 1 is 1.03 bits per heavy atom. The highest BCUT2D eigenvalue weighted by Gasteiger charge is 2.21. The zero-order valence-corrected chi connectivity index (χ0v) is 20.3. The average molecular weight is 498 g/mol. The summed E-state index contributed by atoms with van der Waals surface area (Å²) in [7, 11) is 0. The maximum atomic E-state index is 13.0. The topological polar surface area (TPSA) is 55.2 Å². The van der Waals surface area contributed by atoms with Crippen molar-refractivity contribution in [1.29, 1.82) is 0 Å². The first-order valence-corrected chi connectivity index (χ1v) is 11.9. The van der Waals surface area contributed by atoms with E-state index in [9.17, 15) is 8.78 Å². The van der Waals surface area contributed by atoms with Gasteiger partial charge in [-0.25, -0.2) is 9.97 Å². The summed E-state index contributed by atoms with van der Waals surface area (Å²) < 4.78 is 32.9. The number of rotatable bonds is 6. The molecule has 4 aromatic rings. The lowest BCUT2D eigenvalue weighted by atomic mass is 10.0. The van der Waals surface area contributed by atoms with Crippen molar-refractivity contribution in [2.24, 2.45) is 0 Å². The van der Waals surface area contributed by atoms with E-state index in [4.69, 9.17) is 26.3 Å². The number of hydrogen-bond donors (Lipinski definition) is 1. The number of nitrogens with zero attached hydrogens (tertiary/aromatic N) is 4. The molecular weight excluding hydrogens is 472 g/mol. The number of ether oxygens (including phenoxy) is 1. The third-order valence-corrected chi connectivity index (χ3v) is 6.65. The van der Waals surface area contributed by atoms with Gasteiger partial charge in [0.05, 0.1) is 17.1 Å². The summed E-state index contributed by atoms with van der Waals surface area (Å²) in [5.74, 6) is 1.83. The van der Waals surface area contributed by atoms with Crippen LogP contribution in [0.15, 0.2) is 54.7 Å². The van der Waals surface area contributed by atoms with Crippen LogP contribution in [-0.2, 0) is 0 Å². The van der Waals surface area contributed by atoms with Gasteiger partial charge in [0.25, 0.3) is 0 Å². The highest BCUT2D eigenvalue weighted by atomic mass is 35.5. The van der Waals surface area contributed by atoms with E-state index in [1.165, 1.54) is 6.07 Å². The maximum absolute atomic E-state index is 13.0. The molecule has 0 radical (unpaired) electrons. The highest BCUT2D eigenvalue weighted by molar-refractivity contribution is 6.30. The number of alkyl halides is 2. The Morgan fingerprint density at radius 2 is 1.80 bits per heavy atom. The summed E-state index contributed by atoms with van der Waals surface area (Å²) in [6, 6.07) is 14.5. The van der Waals surface area contributed by atoms with Crippen LogP contribution in [0.5, 0.6) is 5.75 Å². The molecule has 1 aliphatic rings. The van der Waals surface area contributed by atoms with Crippen LogP contribution in [0.25, 0.3) is 22.2 Å². The molecule has 1 N–H and O–H groups in total. The predicted octanol–water partition coefficient (Wildman–Crippen LogP) is 5.68. The van der Waals surface area contributed by atoms with Crippen LogP contribution < -0.4 is 15.0 Å². The molecular formula is C26H26ClF2N5O. The molecule has 2 aromatic heterocycles. The molecule has 1 aliphatic heterocycles. The number of pyridine rings is 1. The van der Waals surface area contributed by atoms with Gasteiger partial charge in [0.1, 0.15) is 17.4 Å². The second kappa shape index (κ2) is 9.79. The van der Waals surface area contributed by atoms with Crippen LogP contribution in [0.3, 0.4) is 0 Å². The van der Waals surface area contributed by atoms with Crippen LogP contribution in [-0.4, -0.2) is 47.3 Å². The highest BCUT2D eigenvalue weighted by Crippen LogP contribution is 2.35. The van der Waals surface area contributed by atoms with Crippen molar-refractivity contribution in [2.45, 2.75) is 26.5 Å². The smallest absolute Gasteiger partial charge is 0.387 e. The van der Waals surface area contributed by atoms with Crippen LogP contribution in [0.2, 0.25) is 5.02 Å². The maximum Gasteiger partial charge on any atom is 0.387 e. The van der Waals surface area contributed by atoms with Crippen LogP contribution in [0.1, 0.15) is 24.4 Å². The minimum atomic E-state index is -2.92. The van der Waals surface area contributed by atoms with Crippen LogP contribution in [0.4, 0.5) is 14.6 Å². The number of anilines is 1. The SMILES string of the molecule is Cc1nc2ccc(-c3ccc(N4CCNCC4)nc3)cc2n1[C@H](C)c1cc(Cl)ccc1OC(F)F. The number of piperazine rings is 1. The summed E-state index contributed by atoms with van der Waals surface area (Å²) >= 11 is 6.21. The molecule has 3 heterocycles. The Labute approximate surface area is 207 Å². The van der Waals surface area contributed by atoms with Gasteiger partial charge in [-0.3, -0.25) is 0 Å². The van der Waals surface area contributed by atoms with Crippen molar-refractivity contribution in [1.82, 2.24) is 19.9 Å². The van der Waals surface area contributed by atoms with E-state index in [2.05, 4.69) is 28.4 Å². The minimum absolute atomic E-state index is 0.0991. The Balaban J connectivity index is 1.51. The summed E-state index contributed by atoms with van der Waals surface area (Å²) in [5, 5.41) is 3.80. The fourth-order valence-corrected chi connectivity index (χ4v) is 4.89. The van der Waals surface area contributed by atoms with Gasteiger partial charge in [0, 0.05) is 48.5 Å². The molecule has 1 fully saturated rings. The van der Waals surface area contributed by atoms with E-state index in [0.29, 0.717) is 10.6 Å². The summed E-state index contributed by atoms with van der Waals surface area (Å²) in [4.78, 5) is 11.7. The first-order valence-electron chi connectivity index (χ1n) is 11.6. The Morgan fingerprint density at radius 3 is 2.51 bits per heavy atom. The fourth-order valence-electron chi connectivity index (χ4n) is 4.71. The van der Waals surface area contributed by atoms with Crippen molar-refractivity contribution in [3.8, 4) is 16.9 Å². The van der Waals surface area contributed by atoms with Gasteiger partial charge in [-0.15, -0.1) is 0 Å². The molecule has 182 valence electrons. The van der Waals surface area contributed by atoms with Gasteiger partial charge in [0.2, 0.25) is 0 Å². The molecule has 6 nitrogen and oxygen atoms in total. The van der Waals surface area contributed by atoms with Gasteiger partial charge in [-0.1, -0.05) is 17.7 Å². The van der Waals surface area contributed by atoms with Crippen molar-refractivity contribution in [2.75, 3.05) is 31.1 Å². The zero-order chi connectivity index (χ0) is 24.5. The van der Waals surface area contributed by atoms with E-state index in [0.717, 1.165) is 60.0 Å². The van der Waals surface area contributed by atoms with E-state index >= 15 is 0 Å². The monoisotopic (exact) mass is 497 g/mol. The number of halogens is 3. The number of nitrogens with one attached hydrogen (secondary N) is 1. The second-order valence-electron chi connectivity index (χ2n) is 8.61. The van der Waals surface area contributed by atoms with Crippen LogP contribution in [0, 0.1) is 6.92 Å². The lowest BCUT2D eigenvalue weighted by molar-refractivity contribution is -0.0506. The standard InChI is InChI=1S/C26H26ClF2N5O/c1-16(21-14-20(27)5-7-24(21)35-26(28)29)34-17(2)32-22-6-3-18(13-23(22)34)19-4-8-25(31-15-19)33-11-9-30-10-12-33/h3-8,13-16,26,30H,9-12H2,1-2H3/t16-/m1/s1. The minimum Gasteiger partial charge on any atom is -0.434 e. The number of fused-ring (bicyclic) bond motifs is 1. The molecule has 0 bridgehead atoms. The van der Waals surface area contributed by atoms with Gasteiger partial charge < -0.3 is 19.5 Å². The van der Waals surface area contributed by atoms with Crippen molar-refractivity contribution in [3.63, 3.8) is 0 Å². The van der Waals surface area contributed by atoms with Gasteiger partial charge in [-0.2, -0.15) is 8.78 Å². The molecule has 0 aliphatic carbocycles. The molecule has 0 amide bonds. The quantitative estimate of drug-likeness (QED) is 0.371. The zero-order valence-electron chi connectivity index (χ0n) is 19.5. The Bertz CT molecular complexity index is 1340. The third kappa shape index (κ3) is 4.81. The Kier molecular flexibility index (Phi) is 6.58. The molecule has 9 heteroatoms. The number of aromatic nitrogens is 3. The van der Waals surface area contributed by atoms with E-state index < -0.39 is 6.61 Å². The summed E-state index contributed by atoms with van der Waals surface area (Å²) in [5.41, 5.74) is 4.27. The summed E-state index contributed by atoms with van der Waals surface area (Å²) in [6.45, 7) is 4.69. The van der Waals surface area contributed by atoms with Gasteiger partial charge >= 0.3 is 6.61 Å². The first-order chi connectivity index (χ1) is 16.9. The fraction of sp³-hybridized carbons (Fsp3) is 0.308. The third-order valence-electron chi connectivity index (χ3n) is 6.41. The molecule has 2 aromatic carbocycles. The molecule has 0 spiro atoms. The normalized spacial score (nSPS) is 15.1. The first kappa shape index (κ1) is 23.5. The number of benzene rings is 2. The molecule has 0 unspecified atom stereocenters. The predicted molar refractivity (Wildman–Crippen MR) is 135 cm³/mol. The molecule has 35 heavy (non-hydrogen) atoms. The second-order valence-corrected chi connectivity index (χ2v) is 9.05. The van der Waals surface area contributed by atoms with Crippen molar-refractivity contribution >= 4 is 28.5 Å². The van der Waals surface area contributed by atoms with Crippen molar-refractivity contribution in [3.05, 3.63) is 71.1 Å². The molecule has 1 saturated heterocycles. The number of imidazole rings is 1. The van der Waals surface area contributed by atoms with E-state index in [1.807, 2.05) is 36.7 Å². The lowest BCUT2D eigenvalue weighted by Gasteiger charge is -2.28. The molecule has 5 rings (SSSR count). The van der Waals surface area contributed by atoms with E-state index in [1.54, 1.807) is 12.1 Å². The summed E-state index contributed by atoms with van der Waals surface area (Å²) in [6.07, 6.45) is 1.89. The largest absolute Gasteiger partial charge is 0.434 e. The van der Waals surface area contributed by atoms with E-state index in [-0.39, 0.29) is 11.8 Å². The molecule has 0 saturated carbocycles. The van der Waals surface area contributed by atoms with Crippen molar-refractivity contribution < 1.29 is 13.5 Å². The number of aryl methyl sites for hydroxylation is 1. The van der Waals surface area contributed by atoms with Gasteiger partial charge in [0.15, 0.2) is 0 Å². The molecule has 1 atom stereocenters. The Hall–Kier alpha value is -3.23.